The molecule has 1 unspecified atom stereocenters. The van der Waals surface area contributed by atoms with Gasteiger partial charge in [-0.15, -0.1) is 6.58 Å². The van der Waals surface area contributed by atoms with E-state index in [9.17, 15) is 5.11 Å². The fraction of sp³-hybridized carbons (Fsp3) is 0.154. The molecule has 2 nitrogen and oxygen atoms in total. The Morgan fingerprint density at radius 2 is 2.19 bits per heavy atom. The summed E-state index contributed by atoms with van der Waals surface area (Å²) in [5, 5.41) is 11.0. The van der Waals surface area contributed by atoms with Crippen LogP contribution >= 0.6 is 15.9 Å². The van der Waals surface area contributed by atoms with E-state index in [1.807, 2.05) is 30.3 Å². The molecule has 1 aromatic heterocycles. The van der Waals surface area contributed by atoms with E-state index in [1.165, 1.54) is 0 Å². The molecule has 2 aromatic rings. The molecular formula is C13H12BrNO. The van der Waals surface area contributed by atoms with Crippen molar-refractivity contribution in [2.75, 3.05) is 0 Å². The van der Waals surface area contributed by atoms with Crippen LogP contribution in [0.3, 0.4) is 0 Å². The molecule has 0 saturated heterocycles. The maximum Gasteiger partial charge on any atom is 0.101 e. The molecule has 0 aliphatic rings. The Balaban J connectivity index is 2.53. The van der Waals surface area contributed by atoms with Crippen LogP contribution in [0.2, 0.25) is 0 Å². The smallest absolute Gasteiger partial charge is 0.101 e. The summed E-state index contributed by atoms with van der Waals surface area (Å²) >= 11 is 3.43. The number of rotatable bonds is 3. The molecule has 0 radical (unpaired) electrons. The van der Waals surface area contributed by atoms with Crippen LogP contribution in [0.4, 0.5) is 0 Å². The van der Waals surface area contributed by atoms with Crippen LogP contribution in [0, 0.1) is 0 Å². The summed E-state index contributed by atoms with van der Waals surface area (Å²) in [5.74, 6) is 0. The van der Waals surface area contributed by atoms with Crippen molar-refractivity contribution in [1.82, 2.24) is 4.98 Å². The number of aromatic nitrogens is 1. The van der Waals surface area contributed by atoms with Gasteiger partial charge in [-0.3, -0.25) is 0 Å². The first-order valence-electron chi connectivity index (χ1n) is 5.06. The molecule has 82 valence electrons. The third kappa shape index (κ3) is 2.15. The van der Waals surface area contributed by atoms with E-state index in [4.69, 9.17) is 0 Å². The van der Waals surface area contributed by atoms with Crippen LogP contribution in [0.15, 0.2) is 47.5 Å². The molecule has 1 atom stereocenters. The standard InChI is InChI=1S/C13H12BrNO/c1-2-5-12(16)13-10(14)8-9-6-3-4-7-11(9)15-13/h2-4,6-8,12,16H,1,5H2. The van der Waals surface area contributed by atoms with Crippen molar-refractivity contribution < 1.29 is 5.11 Å². The number of fused-ring (bicyclic) bond motifs is 1. The third-order valence-electron chi connectivity index (χ3n) is 2.41. The summed E-state index contributed by atoms with van der Waals surface area (Å²) in [6, 6.07) is 9.82. The molecule has 16 heavy (non-hydrogen) atoms. The zero-order chi connectivity index (χ0) is 11.5. The lowest BCUT2D eigenvalue weighted by Gasteiger charge is -2.10. The quantitative estimate of drug-likeness (QED) is 0.870. The molecule has 0 bridgehead atoms. The van der Waals surface area contributed by atoms with Crippen LogP contribution in [-0.4, -0.2) is 10.1 Å². The summed E-state index contributed by atoms with van der Waals surface area (Å²) < 4.78 is 0.834. The van der Waals surface area contributed by atoms with Crippen LogP contribution in [0.1, 0.15) is 18.2 Å². The molecule has 0 saturated carbocycles. The van der Waals surface area contributed by atoms with Gasteiger partial charge in [-0.1, -0.05) is 24.3 Å². The Labute approximate surface area is 103 Å². The number of para-hydroxylation sites is 1. The SMILES string of the molecule is C=CCC(O)c1nc2ccccc2cc1Br. The first kappa shape index (κ1) is 11.3. The zero-order valence-electron chi connectivity index (χ0n) is 8.73. The van der Waals surface area contributed by atoms with Gasteiger partial charge < -0.3 is 5.11 Å². The van der Waals surface area contributed by atoms with E-state index in [-0.39, 0.29) is 0 Å². The van der Waals surface area contributed by atoms with Gasteiger partial charge in [-0.2, -0.15) is 0 Å². The van der Waals surface area contributed by atoms with E-state index < -0.39 is 6.10 Å². The molecule has 0 spiro atoms. The van der Waals surface area contributed by atoms with Crippen LogP contribution < -0.4 is 0 Å². The number of halogens is 1. The summed E-state index contributed by atoms with van der Waals surface area (Å²) in [5.41, 5.74) is 1.56. The first-order chi connectivity index (χ1) is 7.72. The van der Waals surface area contributed by atoms with Gasteiger partial charge in [0.25, 0.3) is 0 Å². The van der Waals surface area contributed by atoms with Gasteiger partial charge in [0.2, 0.25) is 0 Å². The fourth-order valence-electron chi connectivity index (χ4n) is 1.61. The normalized spacial score (nSPS) is 12.6. The first-order valence-corrected chi connectivity index (χ1v) is 5.86. The Morgan fingerprint density at radius 3 is 2.94 bits per heavy atom. The van der Waals surface area contributed by atoms with Gasteiger partial charge >= 0.3 is 0 Å². The summed E-state index contributed by atoms with van der Waals surface area (Å²) in [6.07, 6.45) is 1.59. The predicted molar refractivity (Wildman–Crippen MR) is 69.2 cm³/mol. The Kier molecular flexibility index (Phi) is 3.36. The molecule has 1 heterocycles. The summed E-state index contributed by atoms with van der Waals surface area (Å²) in [7, 11) is 0. The van der Waals surface area contributed by atoms with Crippen LogP contribution in [-0.2, 0) is 0 Å². The number of aliphatic hydroxyl groups excluding tert-OH is 1. The highest BCUT2D eigenvalue weighted by Gasteiger charge is 2.12. The predicted octanol–water partition coefficient (Wildman–Crippen LogP) is 3.61. The zero-order valence-corrected chi connectivity index (χ0v) is 10.3. The lowest BCUT2D eigenvalue weighted by molar-refractivity contribution is 0.176. The molecular weight excluding hydrogens is 266 g/mol. The maximum atomic E-state index is 9.90. The number of hydrogen-bond acceptors (Lipinski definition) is 2. The molecule has 1 N–H and O–H groups in total. The second kappa shape index (κ2) is 4.76. The highest BCUT2D eigenvalue weighted by atomic mass is 79.9. The highest BCUT2D eigenvalue weighted by molar-refractivity contribution is 9.10. The van der Waals surface area contributed by atoms with Crippen molar-refractivity contribution in [2.24, 2.45) is 0 Å². The van der Waals surface area contributed by atoms with Crippen molar-refractivity contribution in [3.63, 3.8) is 0 Å². The van der Waals surface area contributed by atoms with Crippen molar-refractivity contribution in [1.29, 1.82) is 0 Å². The van der Waals surface area contributed by atoms with Gasteiger partial charge in [0.05, 0.1) is 11.2 Å². The monoisotopic (exact) mass is 277 g/mol. The van der Waals surface area contributed by atoms with Gasteiger partial charge in [-0.25, -0.2) is 4.98 Å². The molecule has 0 amide bonds. The Morgan fingerprint density at radius 1 is 1.44 bits per heavy atom. The van der Waals surface area contributed by atoms with Gasteiger partial charge in [0.1, 0.15) is 6.10 Å². The summed E-state index contributed by atoms with van der Waals surface area (Å²) in [4.78, 5) is 4.45. The van der Waals surface area contributed by atoms with Crippen LogP contribution in [0.25, 0.3) is 10.9 Å². The molecule has 1 aromatic carbocycles. The minimum atomic E-state index is -0.600. The molecule has 0 aliphatic carbocycles. The minimum absolute atomic E-state index is 0.504. The fourth-order valence-corrected chi connectivity index (χ4v) is 2.21. The van der Waals surface area contributed by atoms with Crippen molar-refractivity contribution in [3.8, 4) is 0 Å². The lowest BCUT2D eigenvalue weighted by atomic mass is 10.1. The molecule has 2 rings (SSSR count). The largest absolute Gasteiger partial charge is 0.386 e. The van der Waals surface area contributed by atoms with Gasteiger partial charge in [0, 0.05) is 9.86 Å². The number of benzene rings is 1. The highest BCUT2D eigenvalue weighted by Crippen LogP contribution is 2.27. The van der Waals surface area contributed by atoms with Gasteiger partial charge in [-0.05, 0) is 34.5 Å². The number of nitrogens with zero attached hydrogens (tertiary/aromatic N) is 1. The summed E-state index contributed by atoms with van der Waals surface area (Å²) in [6.45, 7) is 3.62. The average molecular weight is 278 g/mol. The lowest BCUT2D eigenvalue weighted by Crippen LogP contribution is -2.00. The number of pyridine rings is 1. The van der Waals surface area contributed by atoms with E-state index in [0.29, 0.717) is 12.1 Å². The van der Waals surface area contributed by atoms with E-state index in [2.05, 4.69) is 27.5 Å². The van der Waals surface area contributed by atoms with E-state index in [1.54, 1.807) is 6.08 Å². The molecule has 3 heteroatoms. The van der Waals surface area contributed by atoms with Crippen molar-refractivity contribution >= 4 is 26.8 Å². The Bertz CT molecular complexity index is 524. The van der Waals surface area contributed by atoms with Gasteiger partial charge in [0.15, 0.2) is 0 Å². The second-order valence-electron chi connectivity index (χ2n) is 3.59. The Hall–Kier alpha value is -1.19. The second-order valence-corrected chi connectivity index (χ2v) is 4.44. The minimum Gasteiger partial charge on any atom is -0.386 e. The topological polar surface area (TPSA) is 33.1 Å². The number of aliphatic hydroxyl groups is 1. The van der Waals surface area contributed by atoms with E-state index in [0.717, 1.165) is 15.4 Å². The third-order valence-corrected chi connectivity index (χ3v) is 3.05. The van der Waals surface area contributed by atoms with Crippen molar-refractivity contribution in [2.45, 2.75) is 12.5 Å². The molecule has 0 aliphatic heterocycles. The van der Waals surface area contributed by atoms with Crippen molar-refractivity contribution in [3.05, 3.63) is 53.2 Å². The van der Waals surface area contributed by atoms with Crippen LogP contribution in [0.5, 0.6) is 0 Å². The number of hydrogen-bond donors (Lipinski definition) is 1. The van der Waals surface area contributed by atoms with E-state index >= 15 is 0 Å². The molecule has 0 fully saturated rings. The maximum absolute atomic E-state index is 9.90. The average Bonchev–Trinajstić information content (AvgIpc) is 2.28.